The Balaban J connectivity index is 2.39. The van der Waals surface area contributed by atoms with Crippen LogP contribution in [0.3, 0.4) is 0 Å². The van der Waals surface area contributed by atoms with Crippen molar-refractivity contribution in [2.24, 2.45) is 0 Å². The standard InChI is InChI=1S/C10H7N3O/c1-7-12-10(14-13-7)9-4-2-8(6-11)3-5-9/h2-5H,1H3. The fourth-order valence-corrected chi connectivity index (χ4v) is 1.10. The first kappa shape index (κ1) is 8.45. The van der Waals surface area contributed by atoms with E-state index in [2.05, 4.69) is 10.1 Å². The van der Waals surface area contributed by atoms with Gasteiger partial charge in [0.1, 0.15) is 0 Å². The summed E-state index contributed by atoms with van der Waals surface area (Å²) in [5.41, 5.74) is 1.44. The van der Waals surface area contributed by atoms with Crippen LogP contribution in [-0.4, -0.2) is 10.1 Å². The maximum Gasteiger partial charge on any atom is 0.257 e. The minimum Gasteiger partial charge on any atom is -0.334 e. The van der Waals surface area contributed by atoms with Crippen LogP contribution in [0.5, 0.6) is 0 Å². The Morgan fingerprint density at radius 1 is 1.29 bits per heavy atom. The van der Waals surface area contributed by atoms with Crippen LogP contribution in [0, 0.1) is 18.3 Å². The Hall–Kier alpha value is -2.15. The molecule has 1 heterocycles. The molecule has 0 aliphatic heterocycles. The average molecular weight is 185 g/mol. The summed E-state index contributed by atoms with van der Waals surface area (Å²) in [4.78, 5) is 4.08. The van der Waals surface area contributed by atoms with Crippen LogP contribution >= 0.6 is 0 Å². The number of nitrogens with zero attached hydrogens (tertiary/aromatic N) is 3. The van der Waals surface area contributed by atoms with E-state index in [4.69, 9.17) is 9.78 Å². The highest BCUT2D eigenvalue weighted by Crippen LogP contribution is 2.16. The molecule has 14 heavy (non-hydrogen) atoms. The highest BCUT2D eigenvalue weighted by Gasteiger charge is 2.04. The van der Waals surface area contributed by atoms with Gasteiger partial charge in [0.2, 0.25) is 0 Å². The van der Waals surface area contributed by atoms with Gasteiger partial charge in [0.25, 0.3) is 5.89 Å². The Labute approximate surface area is 80.8 Å². The fraction of sp³-hybridized carbons (Fsp3) is 0.100. The van der Waals surface area contributed by atoms with Gasteiger partial charge in [0.15, 0.2) is 5.82 Å². The summed E-state index contributed by atoms with van der Waals surface area (Å²) in [6, 6.07) is 9.04. The number of nitriles is 1. The van der Waals surface area contributed by atoms with Gasteiger partial charge in [-0.25, -0.2) is 0 Å². The number of hydrogen-bond donors (Lipinski definition) is 0. The van der Waals surface area contributed by atoms with Gasteiger partial charge in [0, 0.05) is 5.56 Å². The van der Waals surface area contributed by atoms with Crippen molar-refractivity contribution in [2.45, 2.75) is 6.92 Å². The van der Waals surface area contributed by atoms with E-state index < -0.39 is 0 Å². The van der Waals surface area contributed by atoms with Crippen LogP contribution in [0.15, 0.2) is 28.8 Å². The molecular formula is C10H7N3O. The summed E-state index contributed by atoms with van der Waals surface area (Å²) in [5.74, 6) is 1.08. The first-order chi connectivity index (χ1) is 6.79. The summed E-state index contributed by atoms with van der Waals surface area (Å²) >= 11 is 0. The largest absolute Gasteiger partial charge is 0.334 e. The van der Waals surface area contributed by atoms with Gasteiger partial charge in [0.05, 0.1) is 11.6 Å². The van der Waals surface area contributed by atoms with Gasteiger partial charge in [-0.15, -0.1) is 0 Å². The monoisotopic (exact) mass is 185 g/mol. The van der Waals surface area contributed by atoms with Crippen LogP contribution in [0.25, 0.3) is 11.5 Å². The molecule has 1 aromatic carbocycles. The highest BCUT2D eigenvalue weighted by atomic mass is 16.5. The summed E-state index contributed by atoms with van der Waals surface area (Å²) < 4.78 is 4.98. The van der Waals surface area contributed by atoms with E-state index in [-0.39, 0.29) is 0 Å². The van der Waals surface area contributed by atoms with E-state index in [0.29, 0.717) is 17.3 Å². The minimum atomic E-state index is 0.479. The third-order valence-electron chi connectivity index (χ3n) is 1.79. The molecule has 0 saturated heterocycles. The van der Waals surface area contributed by atoms with E-state index in [9.17, 15) is 0 Å². The molecule has 0 saturated carbocycles. The third-order valence-corrected chi connectivity index (χ3v) is 1.79. The maximum atomic E-state index is 8.60. The molecule has 0 spiro atoms. The summed E-state index contributed by atoms with van der Waals surface area (Å²) in [7, 11) is 0. The molecule has 1 aromatic heterocycles. The van der Waals surface area contributed by atoms with Crippen LogP contribution < -0.4 is 0 Å². The van der Waals surface area contributed by atoms with E-state index >= 15 is 0 Å². The normalized spacial score (nSPS) is 9.71. The molecule has 4 nitrogen and oxygen atoms in total. The van der Waals surface area contributed by atoms with E-state index in [1.807, 2.05) is 6.07 Å². The molecule has 0 bridgehead atoms. The number of hydrogen-bond acceptors (Lipinski definition) is 4. The minimum absolute atomic E-state index is 0.479. The molecule has 4 heteroatoms. The van der Waals surface area contributed by atoms with Crippen LogP contribution in [0.4, 0.5) is 0 Å². The Morgan fingerprint density at radius 3 is 2.50 bits per heavy atom. The van der Waals surface area contributed by atoms with Gasteiger partial charge in [-0.3, -0.25) is 0 Å². The zero-order valence-corrected chi connectivity index (χ0v) is 7.56. The third kappa shape index (κ3) is 1.48. The molecule has 0 unspecified atom stereocenters. The predicted molar refractivity (Wildman–Crippen MR) is 49.2 cm³/mol. The van der Waals surface area contributed by atoms with Gasteiger partial charge < -0.3 is 4.52 Å². The van der Waals surface area contributed by atoms with Crippen molar-refractivity contribution >= 4 is 0 Å². The Morgan fingerprint density at radius 2 is 2.00 bits per heavy atom. The van der Waals surface area contributed by atoms with Crippen molar-refractivity contribution in [1.29, 1.82) is 5.26 Å². The summed E-state index contributed by atoms with van der Waals surface area (Å²) in [5, 5.41) is 12.3. The van der Waals surface area contributed by atoms with E-state index in [1.54, 1.807) is 31.2 Å². The Kier molecular flexibility index (Phi) is 1.99. The van der Waals surface area contributed by atoms with Crippen molar-refractivity contribution in [2.75, 3.05) is 0 Å². The topological polar surface area (TPSA) is 62.7 Å². The molecule has 68 valence electrons. The second kappa shape index (κ2) is 3.30. The van der Waals surface area contributed by atoms with Crippen LogP contribution in [0.2, 0.25) is 0 Å². The Bertz CT molecular complexity index is 479. The number of benzene rings is 1. The van der Waals surface area contributed by atoms with Crippen molar-refractivity contribution in [1.82, 2.24) is 10.1 Å². The van der Waals surface area contributed by atoms with Crippen molar-refractivity contribution in [3.63, 3.8) is 0 Å². The van der Waals surface area contributed by atoms with Gasteiger partial charge >= 0.3 is 0 Å². The SMILES string of the molecule is Cc1noc(-c2ccc(C#N)cc2)n1. The number of rotatable bonds is 1. The van der Waals surface area contributed by atoms with Gasteiger partial charge in [-0.1, -0.05) is 5.16 Å². The first-order valence-electron chi connectivity index (χ1n) is 4.10. The average Bonchev–Trinajstić information content (AvgIpc) is 2.65. The molecule has 0 atom stereocenters. The molecule has 0 aliphatic rings. The van der Waals surface area contributed by atoms with Gasteiger partial charge in [-0.05, 0) is 31.2 Å². The zero-order valence-electron chi connectivity index (χ0n) is 7.56. The zero-order chi connectivity index (χ0) is 9.97. The molecule has 0 aliphatic carbocycles. The predicted octanol–water partition coefficient (Wildman–Crippen LogP) is 1.92. The summed E-state index contributed by atoms with van der Waals surface area (Å²) in [6.07, 6.45) is 0. The van der Waals surface area contributed by atoms with Crippen LogP contribution in [0.1, 0.15) is 11.4 Å². The van der Waals surface area contributed by atoms with E-state index in [0.717, 1.165) is 5.56 Å². The second-order valence-electron chi connectivity index (χ2n) is 2.84. The maximum absolute atomic E-state index is 8.60. The molecule has 0 amide bonds. The quantitative estimate of drug-likeness (QED) is 0.680. The molecule has 0 radical (unpaired) electrons. The van der Waals surface area contributed by atoms with Crippen molar-refractivity contribution < 1.29 is 4.52 Å². The molecule has 2 rings (SSSR count). The molecule has 0 fully saturated rings. The lowest BCUT2D eigenvalue weighted by molar-refractivity contribution is 0.425. The first-order valence-corrected chi connectivity index (χ1v) is 4.10. The lowest BCUT2D eigenvalue weighted by Crippen LogP contribution is -1.79. The lowest BCUT2D eigenvalue weighted by atomic mass is 10.1. The number of aromatic nitrogens is 2. The smallest absolute Gasteiger partial charge is 0.257 e. The summed E-state index contributed by atoms with van der Waals surface area (Å²) in [6.45, 7) is 1.76. The lowest BCUT2D eigenvalue weighted by Gasteiger charge is -1.92. The van der Waals surface area contributed by atoms with E-state index in [1.165, 1.54) is 0 Å². The molecule has 0 N–H and O–H groups in total. The highest BCUT2D eigenvalue weighted by molar-refractivity contribution is 5.54. The van der Waals surface area contributed by atoms with Gasteiger partial charge in [-0.2, -0.15) is 10.2 Å². The second-order valence-corrected chi connectivity index (χ2v) is 2.84. The molecule has 2 aromatic rings. The molecular weight excluding hydrogens is 178 g/mol. The van der Waals surface area contributed by atoms with Crippen molar-refractivity contribution in [3.8, 4) is 17.5 Å². The van der Waals surface area contributed by atoms with Crippen LogP contribution in [-0.2, 0) is 0 Å². The van der Waals surface area contributed by atoms with Crippen molar-refractivity contribution in [3.05, 3.63) is 35.7 Å². The fourth-order valence-electron chi connectivity index (χ4n) is 1.10. The number of aryl methyl sites for hydroxylation is 1.